The molecule has 1 fully saturated rings. The van der Waals surface area contributed by atoms with Gasteiger partial charge < -0.3 is 14.3 Å². The van der Waals surface area contributed by atoms with Crippen molar-refractivity contribution in [1.82, 2.24) is 9.97 Å². The van der Waals surface area contributed by atoms with E-state index in [9.17, 15) is 4.79 Å². The summed E-state index contributed by atoms with van der Waals surface area (Å²) in [5.74, 6) is 0.566. The summed E-state index contributed by atoms with van der Waals surface area (Å²) in [6.45, 7) is 8.13. The molecule has 0 aliphatic carbocycles. The van der Waals surface area contributed by atoms with E-state index in [0.717, 1.165) is 9.65 Å². The number of nitrogens with zero attached hydrogens (tertiary/aromatic N) is 1. The minimum absolute atomic E-state index is 0.133. The molecule has 0 bridgehead atoms. The largest absolute Gasteiger partial charge is 0.505 e. The third-order valence-corrected chi connectivity index (χ3v) is 6.07. The summed E-state index contributed by atoms with van der Waals surface area (Å²) in [7, 11) is -0.407. The van der Waals surface area contributed by atoms with Crippen molar-refractivity contribution < 1.29 is 9.31 Å². The molecule has 128 valence electrons. The Labute approximate surface area is 150 Å². The van der Waals surface area contributed by atoms with Crippen LogP contribution in [-0.4, -0.2) is 28.3 Å². The lowest BCUT2D eigenvalue weighted by atomic mass is 9.88. The van der Waals surface area contributed by atoms with Gasteiger partial charge in [0.2, 0.25) is 0 Å². The van der Waals surface area contributed by atoms with E-state index in [0.29, 0.717) is 16.7 Å². The smallest absolute Gasteiger partial charge is 0.399 e. The number of hydrogen-bond donors (Lipinski definition) is 1. The number of benzene rings is 1. The van der Waals surface area contributed by atoms with Crippen molar-refractivity contribution >= 4 is 34.1 Å². The van der Waals surface area contributed by atoms with E-state index in [2.05, 4.69) is 9.97 Å². The van der Waals surface area contributed by atoms with Crippen LogP contribution in [0.3, 0.4) is 0 Å². The predicted molar refractivity (Wildman–Crippen MR) is 101 cm³/mol. The molecule has 7 heteroatoms. The van der Waals surface area contributed by atoms with Crippen LogP contribution in [0.1, 0.15) is 27.7 Å². The average Bonchev–Trinajstić information content (AvgIpc) is 3.11. The topological polar surface area (TPSA) is 64.2 Å². The molecular formula is C18H19BN2O3S. The first-order valence-electron chi connectivity index (χ1n) is 8.22. The highest BCUT2D eigenvalue weighted by atomic mass is 32.1. The Kier molecular flexibility index (Phi) is 3.65. The van der Waals surface area contributed by atoms with E-state index in [-0.39, 0.29) is 16.8 Å². The highest BCUT2D eigenvalue weighted by Gasteiger charge is 2.52. The molecule has 0 saturated carbocycles. The van der Waals surface area contributed by atoms with Crippen molar-refractivity contribution in [2.24, 2.45) is 0 Å². The molecule has 1 aromatic carbocycles. The number of aromatic nitrogens is 2. The van der Waals surface area contributed by atoms with E-state index in [1.54, 1.807) is 6.07 Å². The van der Waals surface area contributed by atoms with Crippen molar-refractivity contribution in [1.29, 1.82) is 0 Å². The van der Waals surface area contributed by atoms with E-state index in [4.69, 9.17) is 9.31 Å². The van der Waals surface area contributed by atoms with Crippen molar-refractivity contribution in [3.63, 3.8) is 0 Å². The van der Waals surface area contributed by atoms with Gasteiger partial charge in [0.05, 0.1) is 27.0 Å². The lowest BCUT2D eigenvalue weighted by molar-refractivity contribution is 0.00578. The second-order valence-corrected chi connectivity index (χ2v) is 8.34. The van der Waals surface area contributed by atoms with Crippen LogP contribution in [0.4, 0.5) is 0 Å². The van der Waals surface area contributed by atoms with E-state index in [1.807, 2.05) is 58.0 Å². The van der Waals surface area contributed by atoms with Gasteiger partial charge in [-0.05, 0) is 45.9 Å². The van der Waals surface area contributed by atoms with Gasteiger partial charge in [-0.25, -0.2) is 4.98 Å². The van der Waals surface area contributed by atoms with Crippen LogP contribution in [0.2, 0.25) is 0 Å². The molecule has 1 saturated heterocycles. The fourth-order valence-electron chi connectivity index (χ4n) is 2.77. The summed E-state index contributed by atoms with van der Waals surface area (Å²) in [6, 6.07) is 11.2. The lowest BCUT2D eigenvalue weighted by Crippen LogP contribution is -2.41. The second-order valence-electron chi connectivity index (χ2n) is 7.22. The van der Waals surface area contributed by atoms with Crippen molar-refractivity contribution in [2.75, 3.05) is 0 Å². The molecule has 5 nitrogen and oxygen atoms in total. The Morgan fingerprint density at radius 3 is 2.44 bits per heavy atom. The van der Waals surface area contributed by atoms with Crippen LogP contribution in [0.15, 0.2) is 41.2 Å². The van der Waals surface area contributed by atoms with Crippen LogP contribution in [0, 0.1) is 0 Å². The maximum Gasteiger partial charge on any atom is 0.505 e. The normalized spacial score (nSPS) is 18.8. The maximum absolute atomic E-state index is 12.3. The summed E-state index contributed by atoms with van der Waals surface area (Å²) in [6.07, 6.45) is 0. The zero-order valence-electron chi connectivity index (χ0n) is 14.6. The summed E-state index contributed by atoms with van der Waals surface area (Å²) in [5.41, 5.74) is -0.202. The number of para-hydroxylation sites is 1. The lowest BCUT2D eigenvalue weighted by Gasteiger charge is -2.32. The number of rotatable bonds is 2. The maximum atomic E-state index is 12.3. The molecule has 0 spiro atoms. The summed E-state index contributed by atoms with van der Waals surface area (Å²) in [5, 5.41) is 0.592. The molecule has 1 N–H and O–H groups in total. The minimum Gasteiger partial charge on any atom is -0.399 e. The number of aromatic amines is 1. The third kappa shape index (κ3) is 2.72. The highest BCUT2D eigenvalue weighted by Crippen LogP contribution is 2.37. The number of H-pyrrole nitrogens is 1. The molecule has 1 aliphatic heterocycles. The van der Waals surface area contributed by atoms with Crippen LogP contribution < -0.4 is 10.3 Å². The third-order valence-electron chi connectivity index (χ3n) is 4.96. The Morgan fingerprint density at radius 1 is 1.04 bits per heavy atom. The van der Waals surface area contributed by atoms with E-state index < -0.39 is 7.12 Å². The van der Waals surface area contributed by atoms with Crippen LogP contribution in [0.25, 0.3) is 21.6 Å². The van der Waals surface area contributed by atoms with Gasteiger partial charge >= 0.3 is 7.12 Å². The number of fused-ring (bicyclic) bond motifs is 1. The summed E-state index contributed by atoms with van der Waals surface area (Å²) >= 11 is 1.52. The fourth-order valence-corrected chi connectivity index (χ4v) is 3.68. The van der Waals surface area contributed by atoms with Gasteiger partial charge in [-0.1, -0.05) is 18.2 Å². The standard InChI is InChI=1S/C18H19BN2O3S/c1-17(2)18(3,4)24-19(23-17)14-10-9-13(25-14)15-20-12-8-6-5-7-11(12)16(22)21-15/h5-10H,1-4H3,(H,20,21,22). The zero-order valence-corrected chi connectivity index (χ0v) is 15.4. The van der Waals surface area contributed by atoms with Gasteiger partial charge in [-0.15, -0.1) is 11.3 Å². The molecular weight excluding hydrogens is 335 g/mol. The molecule has 0 unspecified atom stereocenters. The zero-order chi connectivity index (χ0) is 17.8. The molecule has 0 radical (unpaired) electrons. The molecule has 1 aliphatic rings. The van der Waals surface area contributed by atoms with E-state index >= 15 is 0 Å². The van der Waals surface area contributed by atoms with Crippen molar-refractivity contribution in [3.05, 3.63) is 46.8 Å². The van der Waals surface area contributed by atoms with Gasteiger partial charge in [0.1, 0.15) is 0 Å². The van der Waals surface area contributed by atoms with Gasteiger partial charge in [-0.3, -0.25) is 4.79 Å². The minimum atomic E-state index is -0.407. The summed E-state index contributed by atoms with van der Waals surface area (Å²) in [4.78, 5) is 20.6. The average molecular weight is 354 g/mol. The van der Waals surface area contributed by atoms with Crippen LogP contribution in [0.5, 0.6) is 0 Å². The Balaban J connectivity index is 1.70. The molecule has 2 aromatic heterocycles. The molecule has 3 heterocycles. The first-order valence-corrected chi connectivity index (χ1v) is 9.03. The Bertz CT molecular complexity index is 993. The molecule has 3 aromatic rings. The second kappa shape index (κ2) is 5.52. The van der Waals surface area contributed by atoms with Gasteiger partial charge in [0.25, 0.3) is 5.56 Å². The predicted octanol–water partition coefficient (Wildman–Crippen LogP) is 2.95. The SMILES string of the molecule is CC1(C)OB(c2ccc(-c3nc4ccccc4c(=O)[nH]3)s2)OC1(C)C. The summed E-state index contributed by atoms with van der Waals surface area (Å²) < 4.78 is 13.1. The monoisotopic (exact) mass is 354 g/mol. The Morgan fingerprint density at radius 2 is 1.72 bits per heavy atom. The number of thiophene rings is 1. The molecule has 0 amide bonds. The fraction of sp³-hybridized carbons (Fsp3) is 0.333. The van der Waals surface area contributed by atoms with E-state index in [1.165, 1.54) is 11.3 Å². The van der Waals surface area contributed by atoms with Crippen molar-refractivity contribution in [3.8, 4) is 10.7 Å². The number of hydrogen-bond acceptors (Lipinski definition) is 5. The molecule has 25 heavy (non-hydrogen) atoms. The highest BCUT2D eigenvalue weighted by molar-refractivity contribution is 7.25. The van der Waals surface area contributed by atoms with Crippen molar-refractivity contribution in [2.45, 2.75) is 38.9 Å². The van der Waals surface area contributed by atoms with Gasteiger partial charge in [0, 0.05) is 4.78 Å². The van der Waals surface area contributed by atoms with Gasteiger partial charge in [-0.2, -0.15) is 0 Å². The van der Waals surface area contributed by atoms with Gasteiger partial charge in [0.15, 0.2) is 5.82 Å². The molecule has 0 atom stereocenters. The first kappa shape index (κ1) is 16.5. The molecule has 4 rings (SSSR count). The van der Waals surface area contributed by atoms with Crippen LogP contribution >= 0.6 is 11.3 Å². The Hall–Kier alpha value is -1.96. The first-order chi connectivity index (χ1) is 11.8. The quantitative estimate of drug-likeness (QED) is 0.719. The number of nitrogens with one attached hydrogen (secondary N) is 1. The van der Waals surface area contributed by atoms with Crippen LogP contribution in [-0.2, 0) is 9.31 Å².